The van der Waals surface area contributed by atoms with Crippen LogP contribution in [0.1, 0.15) is 57.9 Å². The number of carbonyl (C=O) groups is 8. The number of fused-ring (bicyclic) bond motifs is 1. The van der Waals surface area contributed by atoms with E-state index < -0.39 is 115 Å². The van der Waals surface area contributed by atoms with Gasteiger partial charge in [-0.3, -0.25) is 43.4 Å². The Bertz CT molecular complexity index is 2170. The van der Waals surface area contributed by atoms with Crippen LogP contribution in [0.4, 0.5) is 0 Å². The number of likely N-dealkylation sites (tertiary alicyclic amines) is 1. The van der Waals surface area contributed by atoms with E-state index in [1.165, 1.54) is 4.90 Å². The molecule has 1 aromatic heterocycles. The number of benzene rings is 1. The lowest BCUT2D eigenvalue weighted by atomic mass is 9.96. The van der Waals surface area contributed by atoms with E-state index in [4.69, 9.17) is 22.3 Å². The maximum atomic E-state index is 14.9. The molecule has 1 unspecified atom stereocenters. The topological polar surface area (TPSA) is 350 Å². The van der Waals surface area contributed by atoms with Gasteiger partial charge in [-0.2, -0.15) is 0 Å². The van der Waals surface area contributed by atoms with Gasteiger partial charge in [-0.05, 0) is 42.9 Å². The second-order valence-corrected chi connectivity index (χ2v) is 15.8. The highest BCUT2D eigenvalue weighted by molar-refractivity contribution is 5.98. The molecule has 1 saturated heterocycles. The lowest BCUT2D eigenvalue weighted by Crippen LogP contribution is -2.61. The molecular formula is C41H56N12O10. The fourth-order valence-corrected chi connectivity index (χ4v) is 7.54. The number of H-pyrrole nitrogens is 1. The van der Waals surface area contributed by atoms with Gasteiger partial charge >= 0.3 is 5.97 Å². The molecule has 0 saturated carbocycles. The van der Waals surface area contributed by atoms with Crippen molar-refractivity contribution < 1.29 is 48.6 Å². The number of allylic oxidation sites excluding steroid dienone is 3. The van der Waals surface area contributed by atoms with Gasteiger partial charge in [-0.25, -0.2) is 0 Å². The third-order valence-electron chi connectivity index (χ3n) is 11.3. The predicted molar refractivity (Wildman–Crippen MR) is 226 cm³/mol. The summed E-state index contributed by atoms with van der Waals surface area (Å²) in [6, 6.07) is -0.989. The molecule has 22 heteroatoms. The van der Waals surface area contributed by atoms with Gasteiger partial charge in [0.05, 0.1) is 30.5 Å². The number of carboxylic acids is 1. The molecule has 3 heterocycles. The number of hydrogen-bond acceptors (Lipinski definition) is 13. The molecule has 8 atom stereocenters. The SMILES string of the molecule is CC[C@H](C)[C@H](NC(=O)[C@H](CC(N)=O)NC(=O)[C@@H](N)CCC(=O)O)C(=O)N1CC(C2=CN(C3=CCC=C3)NN2)C[C@H]1C(=O)N[C@@H](Cc1c[nH]c2ccccc12)C(=O)N[C@@H](CO)C(N)=O. The number of nitrogens with two attached hydrogens (primary N) is 3. The van der Waals surface area contributed by atoms with E-state index in [0.29, 0.717) is 17.7 Å². The molecule has 7 amide bonds. The van der Waals surface area contributed by atoms with Crippen molar-refractivity contribution in [3.8, 4) is 0 Å². The van der Waals surface area contributed by atoms with Gasteiger partial charge in [0.1, 0.15) is 30.2 Å². The van der Waals surface area contributed by atoms with Gasteiger partial charge in [0.15, 0.2) is 0 Å². The van der Waals surface area contributed by atoms with Crippen molar-refractivity contribution in [3.05, 3.63) is 71.8 Å². The van der Waals surface area contributed by atoms with Gasteiger partial charge in [0.25, 0.3) is 0 Å². The van der Waals surface area contributed by atoms with E-state index in [0.717, 1.165) is 23.0 Å². The summed E-state index contributed by atoms with van der Waals surface area (Å²) < 4.78 is 0. The molecule has 340 valence electrons. The zero-order chi connectivity index (χ0) is 46.0. The van der Waals surface area contributed by atoms with Crippen molar-refractivity contribution >= 4 is 58.2 Å². The Morgan fingerprint density at radius 1 is 0.952 bits per heavy atom. The first-order valence-electron chi connectivity index (χ1n) is 20.6. The summed E-state index contributed by atoms with van der Waals surface area (Å²) in [5.74, 6) is -8.33. The predicted octanol–water partition coefficient (Wildman–Crippen LogP) is -2.53. The largest absolute Gasteiger partial charge is 0.481 e. The standard InChI is InChI=1S/C41H56N12O10/c1-3-21(2)35(49-39(61)29(16-33(43)55)46-37(59)26(42)12-13-34(56)57)41(63)52-18-23(30-19-53(51-50-30)24-8-4-5-9-24)15-32(52)40(62)47-28(38(60)48-31(20-54)36(44)58)14-22-17-45-27-11-7-6-10-25(22)27/h4,6-11,17,19,21,23,26,28-29,31-32,35,45,50-51,54H,3,5,12-16,18,20,42H2,1-2H3,(H2,43,55)(H2,44,58)(H,46,59)(H,47,62)(H,48,60)(H,49,61)(H,56,57)/t21-,23?,26-,28-,29-,31-,32-,35-/m0/s1. The van der Waals surface area contributed by atoms with Crippen LogP contribution in [-0.2, 0) is 44.8 Å². The molecule has 0 spiro atoms. The molecule has 0 bridgehead atoms. The average Bonchev–Trinajstić information content (AvgIpc) is 4.09. The fourth-order valence-electron chi connectivity index (χ4n) is 7.54. The van der Waals surface area contributed by atoms with Crippen LogP contribution in [0.25, 0.3) is 10.9 Å². The van der Waals surface area contributed by atoms with Crippen molar-refractivity contribution in [2.45, 2.75) is 95.0 Å². The molecule has 5 rings (SSSR count). The monoisotopic (exact) mass is 876 g/mol. The second-order valence-electron chi connectivity index (χ2n) is 15.8. The Labute approximate surface area is 362 Å². The minimum Gasteiger partial charge on any atom is -0.481 e. The molecule has 1 fully saturated rings. The summed E-state index contributed by atoms with van der Waals surface area (Å²) in [6.45, 7) is 2.64. The van der Waals surface area contributed by atoms with Crippen LogP contribution in [0.2, 0.25) is 0 Å². The first-order valence-corrected chi connectivity index (χ1v) is 20.6. The van der Waals surface area contributed by atoms with E-state index >= 15 is 0 Å². The van der Waals surface area contributed by atoms with Crippen molar-refractivity contribution in [2.24, 2.45) is 29.0 Å². The number of hydrazine groups is 2. The third kappa shape index (κ3) is 12.0. The van der Waals surface area contributed by atoms with Gasteiger partial charge in [0.2, 0.25) is 41.4 Å². The summed E-state index contributed by atoms with van der Waals surface area (Å²) in [5, 5.41) is 31.5. The quantitative estimate of drug-likeness (QED) is 0.0581. The third-order valence-corrected chi connectivity index (χ3v) is 11.3. The Hall–Kier alpha value is -6.78. The molecular weight excluding hydrogens is 821 g/mol. The van der Waals surface area contributed by atoms with Crippen molar-refractivity contribution in [1.29, 1.82) is 0 Å². The molecule has 1 aliphatic carbocycles. The number of aromatic nitrogens is 1. The van der Waals surface area contributed by atoms with Crippen LogP contribution in [-0.4, -0.2) is 122 Å². The van der Waals surface area contributed by atoms with Crippen LogP contribution < -0.4 is 49.4 Å². The zero-order valence-corrected chi connectivity index (χ0v) is 35.0. The number of carboxylic acid groups (broad SMARTS) is 1. The maximum absolute atomic E-state index is 14.9. The number of aliphatic hydroxyl groups is 1. The number of rotatable bonds is 22. The summed E-state index contributed by atoms with van der Waals surface area (Å²) >= 11 is 0. The van der Waals surface area contributed by atoms with Crippen molar-refractivity contribution in [3.63, 3.8) is 0 Å². The van der Waals surface area contributed by atoms with E-state index in [9.17, 15) is 43.5 Å². The lowest BCUT2D eigenvalue weighted by Gasteiger charge is -2.33. The van der Waals surface area contributed by atoms with E-state index in [1.54, 1.807) is 37.3 Å². The highest BCUT2D eigenvalue weighted by atomic mass is 16.4. The molecule has 15 N–H and O–H groups in total. The molecule has 2 aliphatic heterocycles. The van der Waals surface area contributed by atoms with Crippen molar-refractivity contribution in [1.82, 2.24) is 47.1 Å². The molecule has 0 radical (unpaired) electrons. The number of aliphatic carboxylic acids is 1. The molecule has 3 aliphatic rings. The number of nitrogens with zero attached hydrogens (tertiary/aromatic N) is 2. The average molecular weight is 877 g/mol. The van der Waals surface area contributed by atoms with Gasteiger partial charge < -0.3 is 64.0 Å². The molecule has 22 nitrogen and oxygen atoms in total. The Morgan fingerprint density at radius 3 is 2.32 bits per heavy atom. The smallest absolute Gasteiger partial charge is 0.303 e. The minimum absolute atomic E-state index is 0.0313. The van der Waals surface area contributed by atoms with Crippen molar-refractivity contribution in [2.75, 3.05) is 13.2 Å². The Balaban J connectivity index is 1.45. The van der Waals surface area contributed by atoms with E-state index in [-0.39, 0.29) is 25.8 Å². The molecule has 2 aromatic rings. The number of primary amides is 2. The lowest BCUT2D eigenvalue weighted by molar-refractivity contribution is -0.143. The van der Waals surface area contributed by atoms with Crippen LogP contribution in [0.15, 0.2) is 66.3 Å². The number of carbonyl (C=O) groups excluding carboxylic acids is 7. The second kappa shape index (κ2) is 21.3. The summed E-state index contributed by atoms with van der Waals surface area (Å²) in [4.78, 5) is 110. The fraction of sp³-hybridized carbons (Fsp3) is 0.463. The number of aromatic amines is 1. The highest BCUT2D eigenvalue weighted by Crippen LogP contribution is 2.32. The van der Waals surface area contributed by atoms with Gasteiger partial charge in [-0.1, -0.05) is 50.6 Å². The van der Waals surface area contributed by atoms with Crippen LogP contribution in [0.3, 0.4) is 0 Å². The van der Waals surface area contributed by atoms with Gasteiger partial charge in [-0.15, -0.1) is 5.53 Å². The van der Waals surface area contributed by atoms with Crippen LogP contribution in [0, 0.1) is 11.8 Å². The maximum Gasteiger partial charge on any atom is 0.303 e. The number of aliphatic hydroxyl groups excluding tert-OH is 1. The number of nitrogens with one attached hydrogen (secondary N) is 7. The Kier molecular flexibility index (Phi) is 16.0. The molecule has 1 aromatic carbocycles. The molecule has 63 heavy (non-hydrogen) atoms. The zero-order valence-electron chi connectivity index (χ0n) is 35.0. The Morgan fingerprint density at radius 2 is 1.67 bits per heavy atom. The minimum atomic E-state index is -1.59. The first kappa shape index (κ1) is 47.3. The van der Waals surface area contributed by atoms with E-state index in [2.05, 4.69) is 37.2 Å². The van der Waals surface area contributed by atoms with E-state index in [1.807, 2.05) is 36.4 Å². The van der Waals surface area contributed by atoms with Crippen LogP contribution >= 0.6 is 0 Å². The highest BCUT2D eigenvalue weighted by Gasteiger charge is 2.46. The van der Waals surface area contributed by atoms with Gasteiger partial charge in [0, 0.05) is 48.6 Å². The normalized spacial score (nSPS) is 19.7. The summed E-state index contributed by atoms with van der Waals surface area (Å²) in [7, 11) is 0. The first-order chi connectivity index (χ1) is 30.0. The number of amides is 7. The number of para-hydroxylation sites is 1. The van der Waals surface area contributed by atoms with Crippen LogP contribution in [0.5, 0.6) is 0 Å². The summed E-state index contributed by atoms with van der Waals surface area (Å²) in [6.07, 6.45) is 9.07. The number of hydrogen-bond donors (Lipinski definition) is 12. The summed E-state index contributed by atoms with van der Waals surface area (Å²) in [5.41, 5.74) is 25.8.